The molecule has 6 N–H and O–H groups in total. The summed E-state index contributed by atoms with van der Waals surface area (Å²) < 4.78 is 0. The highest BCUT2D eigenvalue weighted by Gasteiger charge is 2.24. The molecule has 0 saturated heterocycles. The van der Waals surface area contributed by atoms with Gasteiger partial charge in [0.1, 0.15) is 11.0 Å². The molecule has 6 aromatic rings. The van der Waals surface area contributed by atoms with Gasteiger partial charge in [0, 0.05) is 25.2 Å². The molecule has 10 nitrogen and oxygen atoms in total. The summed E-state index contributed by atoms with van der Waals surface area (Å²) in [5.74, 6) is -0.518. The van der Waals surface area contributed by atoms with Crippen molar-refractivity contribution in [2.75, 3.05) is 19.6 Å². The summed E-state index contributed by atoms with van der Waals surface area (Å²) in [5, 5.41) is 5.93. The number of nitrogens with two attached hydrogens (primary N) is 2. The molecule has 0 aliphatic heterocycles. The van der Waals surface area contributed by atoms with E-state index in [4.69, 9.17) is 31.4 Å². The number of fused-ring (bicyclic) bond motifs is 4. The van der Waals surface area contributed by atoms with Crippen molar-refractivity contribution in [2.45, 2.75) is 32.2 Å². The molecule has 0 bridgehead atoms. The molecule has 6 rings (SSSR count). The van der Waals surface area contributed by atoms with E-state index in [1.165, 1.54) is 0 Å². The number of aromatic nitrogens is 4. The molecule has 0 spiro atoms. The van der Waals surface area contributed by atoms with Gasteiger partial charge in [0.25, 0.3) is 11.8 Å². The van der Waals surface area contributed by atoms with Crippen LogP contribution in [-0.4, -0.2) is 56.9 Å². The third kappa shape index (κ3) is 5.64. The van der Waals surface area contributed by atoms with Crippen molar-refractivity contribution in [2.24, 2.45) is 11.5 Å². The highest BCUT2D eigenvalue weighted by atomic mass is 16.2. The summed E-state index contributed by atoms with van der Waals surface area (Å²) in [7, 11) is 0. The molecule has 222 valence electrons. The zero-order chi connectivity index (χ0) is 30.8. The second-order valence-corrected chi connectivity index (χ2v) is 11.3. The molecule has 44 heavy (non-hydrogen) atoms. The maximum absolute atomic E-state index is 13.2. The summed E-state index contributed by atoms with van der Waals surface area (Å²) in [5.41, 5.74) is 20.3. The number of nitrogens with zero attached hydrogens (tertiary/aromatic N) is 4. The minimum absolute atomic E-state index is 0.189. The molecule has 2 amide bonds. The fourth-order valence-corrected chi connectivity index (χ4v) is 5.46. The fraction of sp³-hybridized carbons (Fsp3) is 0.235. The Bertz CT molecular complexity index is 1920. The molecule has 0 unspecified atom stereocenters. The van der Waals surface area contributed by atoms with Crippen LogP contribution in [0, 0.1) is 13.8 Å². The topological polar surface area (TPSA) is 162 Å². The zero-order valence-electron chi connectivity index (χ0n) is 24.7. The number of nitrogens with one attached hydrogen (secondary N) is 2. The van der Waals surface area contributed by atoms with Gasteiger partial charge < -0.3 is 22.1 Å². The van der Waals surface area contributed by atoms with Crippen LogP contribution in [0.3, 0.4) is 0 Å². The third-order valence-electron chi connectivity index (χ3n) is 8.10. The number of hydrogen-bond donors (Lipinski definition) is 4. The number of carbonyl (C=O) groups is 2. The van der Waals surface area contributed by atoms with Crippen LogP contribution in [0.15, 0.2) is 72.8 Å². The molecule has 0 fully saturated rings. The van der Waals surface area contributed by atoms with E-state index in [2.05, 4.69) is 10.6 Å². The second kappa shape index (κ2) is 11.9. The number of carbonyl (C=O) groups excluding carboxylic acids is 2. The number of hydrogen-bond acceptors (Lipinski definition) is 8. The van der Waals surface area contributed by atoms with Crippen LogP contribution in [0.1, 0.15) is 44.7 Å². The zero-order valence-corrected chi connectivity index (χ0v) is 24.7. The number of para-hydroxylation sites is 4. The first-order valence-corrected chi connectivity index (χ1v) is 14.6. The van der Waals surface area contributed by atoms with Crippen molar-refractivity contribution in [3.05, 3.63) is 95.1 Å². The lowest BCUT2D eigenvalue weighted by Crippen LogP contribution is -2.51. The lowest BCUT2D eigenvalue weighted by molar-refractivity contribution is 0.0949. The molecule has 4 aromatic carbocycles. The van der Waals surface area contributed by atoms with E-state index in [1.54, 1.807) is 24.3 Å². The van der Waals surface area contributed by atoms with E-state index < -0.39 is 5.54 Å². The molecule has 0 saturated carbocycles. The van der Waals surface area contributed by atoms with Gasteiger partial charge in [-0.1, -0.05) is 36.4 Å². The lowest BCUT2D eigenvalue weighted by Gasteiger charge is -2.28. The Hall–Kier alpha value is -5.06. The number of aryl methyl sites for hydroxylation is 2. The second-order valence-electron chi connectivity index (χ2n) is 11.3. The van der Waals surface area contributed by atoms with Crippen LogP contribution < -0.4 is 22.1 Å². The molecular weight excluding hydrogens is 552 g/mol. The highest BCUT2D eigenvalue weighted by Crippen LogP contribution is 2.23. The van der Waals surface area contributed by atoms with Crippen molar-refractivity contribution in [1.29, 1.82) is 0 Å². The van der Waals surface area contributed by atoms with Crippen LogP contribution in [-0.2, 0) is 0 Å². The van der Waals surface area contributed by atoms with Gasteiger partial charge in [0.05, 0.1) is 44.2 Å². The van der Waals surface area contributed by atoms with Crippen LogP contribution in [0.4, 0.5) is 0 Å². The Morgan fingerprint density at radius 1 is 0.614 bits per heavy atom. The number of benzene rings is 4. The summed E-state index contributed by atoms with van der Waals surface area (Å²) >= 11 is 0. The summed E-state index contributed by atoms with van der Waals surface area (Å²) in [6, 6.07) is 22.4. The lowest BCUT2D eigenvalue weighted by atomic mass is 9.92. The van der Waals surface area contributed by atoms with Gasteiger partial charge in [-0.3, -0.25) is 9.59 Å². The Labute approximate surface area is 254 Å². The predicted octanol–water partition coefficient (Wildman–Crippen LogP) is 4.09. The van der Waals surface area contributed by atoms with E-state index in [9.17, 15) is 9.59 Å². The molecule has 10 heteroatoms. The van der Waals surface area contributed by atoms with Gasteiger partial charge in [-0.15, -0.1) is 0 Å². The Morgan fingerprint density at radius 3 is 1.41 bits per heavy atom. The largest absolute Gasteiger partial charge is 0.352 e. The van der Waals surface area contributed by atoms with Gasteiger partial charge in [-0.25, -0.2) is 19.9 Å². The van der Waals surface area contributed by atoms with Crippen molar-refractivity contribution >= 4 is 55.9 Å². The van der Waals surface area contributed by atoms with Gasteiger partial charge in [0.2, 0.25) is 0 Å². The molecular formula is C34H34N8O2. The van der Waals surface area contributed by atoms with Crippen LogP contribution >= 0.6 is 0 Å². The molecule has 0 atom stereocenters. The monoisotopic (exact) mass is 586 g/mol. The van der Waals surface area contributed by atoms with E-state index >= 15 is 0 Å². The molecule has 0 aliphatic carbocycles. The van der Waals surface area contributed by atoms with Crippen LogP contribution in [0.5, 0.6) is 0 Å². The Morgan fingerprint density at radius 2 is 1.00 bits per heavy atom. The van der Waals surface area contributed by atoms with Crippen molar-refractivity contribution in [3.63, 3.8) is 0 Å². The Kier molecular flexibility index (Phi) is 7.86. The molecule has 2 heterocycles. The average Bonchev–Trinajstić information content (AvgIpc) is 3.03. The minimum atomic E-state index is -0.793. The average molecular weight is 587 g/mol. The smallest absolute Gasteiger partial charge is 0.253 e. The molecule has 0 aliphatic rings. The SMILES string of the molecule is Cc1cccc2nc3cccc(C(=O)NCCC(N)(CN)CCNC(=O)c4cccc5nc6cccc(C)c6nc45)c3nc12. The number of rotatable bonds is 9. The van der Waals surface area contributed by atoms with E-state index in [0.717, 1.165) is 33.2 Å². The van der Waals surface area contributed by atoms with Gasteiger partial charge in [0.15, 0.2) is 0 Å². The fourth-order valence-electron chi connectivity index (χ4n) is 5.46. The Balaban J connectivity index is 1.09. The van der Waals surface area contributed by atoms with E-state index in [1.807, 2.05) is 62.4 Å². The first-order valence-electron chi connectivity index (χ1n) is 14.6. The van der Waals surface area contributed by atoms with Crippen molar-refractivity contribution < 1.29 is 9.59 Å². The van der Waals surface area contributed by atoms with E-state index in [-0.39, 0.29) is 18.4 Å². The first-order chi connectivity index (χ1) is 21.3. The van der Waals surface area contributed by atoms with Gasteiger partial charge >= 0.3 is 0 Å². The van der Waals surface area contributed by atoms with Crippen LogP contribution in [0.2, 0.25) is 0 Å². The maximum atomic E-state index is 13.2. The first kappa shape index (κ1) is 29.0. The number of amides is 2. The third-order valence-corrected chi connectivity index (χ3v) is 8.10. The minimum Gasteiger partial charge on any atom is -0.352 e. The predicted molar refractivity (Wildman–Crippen MR) is 173 cm³/mol. The summed E-state index contributed by atoms with van der Waals surface area (Å²) in [6.45, 7) is 4.75. The quantitative estimate of drug-likeness (QED) is 0.184. The van der Waals surface area contributed by atoms with Gasteiger partial charge in [-0.05, 0) is 74.2 Å². The van der Waals surface area contributed by atoms with Crippen molar-refractivity contribution in [1.82, 2.24) is 30.6 Å². The maximum Gasteiger partial charge on any atom is 0.253 e. The van der Waals surface area contributed by atoms with E-state index in [0.29, 0.717) is 59.1 Å². The highest BCUT2D eigenvalue weighted by molar-refractivity contribution is 6.07. The van der Waals surface area contributed by atoms with Crippen molar-refractivity contribution in [3.8, 4) is 0 Å². The normalized spacial score (nSPS) is 11.8. The van der Waals surface area contributed by atoms with Crippen LogP contribution in [0.25, 0.3) is 44.1 Å². The molecule has 0 radical (unpaired) electrons. The van der Waals surface area contributed by atoms with Gasteiger partial charge in [-0.2, -0.15) is 0 Å². The summed E-state index contributed by atoms with van der Waals surface area (Å²) in [6.07, 6.45) is 0.850. The standard InChI is InChI=1S/C34H34N8O2/c1-20-7-3-11-24-28(20)41-30-22(9-5-13-26(30)39-24)32(43)37-17-15-34(36,19-35)16-18-38-33(44)23-10-6-14-27-31(23)42-29-21(2)8-4-12-25(29)40-27/h3-14H,15-19,35-36H2,1-2H3,(H,37,43)(H,38,44). The molecule has 2 aromatic heterocycles. The summed E-state index contributed by atoms with van der Waals surface area (Å²) in [4.78, 5) is 45.4.